The summed E-state index contributed by atoms with van der Waals surface area (Å²) in [6, 6.07) is 16.5. The second-order valence-electron chi connectivity index (χ2n) is 3.96. The van der Waals surface area contributed by atoms with E-state index < -0.39 is 0 Å². The van der Waals surface area contributed by atoms with Gasteiger partial charge in [-0.1, -0.05) is 54.6 Å². The Kier molecular flexibility index (Phi) is 5.12. The van der Waals surface area contributed by atoms with Gasteiger partial charge in [0.1, 0.15) is 0 Å². The number of benzene rings is 2. The van der Waals surface area contributed by atoms with Crippen LogP contribution < -0.4 is 5.32 Å². The van der Waals surface area contributed by atoms with Crippen molar-refractivity contribution < 1.29 is 0 Å². The summed E-state index contributed by atoms with van der Waals surface area (Å²) < 4.78 is 0. The number of rotatable bonds is 5. The van der Waals surface area contributed by atoms with Crippen LogP contribution in [0.25, 0.3) is 0 Å². The predicted octanol–water partition coefficient (Wildman–Crippen LogP) is 4.60. The van der Waals surface area contributed by atoms with E-state index >= 15 is 0 Å². The van der Waals surface area contributed by atoms with Crippen molar-refractivity contribution in [1.82, 2.24) is 5.32 Å². The third-order valence-electron chi connectivity index (χ3n) is 2.55. The molecule has 2 rings (SSSR count). The van der Waals surface area contributed by atoms with Crippen LogP contribution in [0, 0.1) is 0 Å². The molecule has 2 aromatic rings. The molecule has 3 heteroatoms. The van der Waals surface area contributed by atoms with Crippen LogP contribution in [0.15, 0.2) is 58.3 Å². The van der Waals surface area contributed by atoms with E-state index in [-0.39, 0.29) is 0 Å². The first-order chi connectivity index (χ1) is 8.79. The summed E-state index contributed by atoms with van der Waals surface area (Å²) >= 11 is 8.00. The van der Waals surface area contributed by atoms with E-state index in [9.17, 15) is 0 Å². The van der Waals surface area contributed by atoms with Crippen LogP contribution in [0.3, 0.4) is 0 Å². The molecular formula is C15H16ClNS. The highest BCUT2D eigenvalue weighted by Gasteiger charge is 2.03. The van der Waals surface area contributed by atoms with Gasteiger partial charge >= 0.3 is 0 Å². The molecule has 0 fully saturated rings. The van der Waals surface area contributed by atoms with Gasteiger partial charge in [0, 0.05) is 16.3 Å². The maximum absolute atomic E-state index is 6.31. The van der Waals surface area contributed by atoms with Crippen molar-refractivity contribution in [1.29, 1.82) is 0 Å². The lowest BCUT2D eigenvalue weighted by molar-refractivity contribution is 0.726. The van der Waals surface area contributed by atoms with Crippen LogP contribution in [0.2, 0.25) is 5.02 Å². The Morgan fingerprint density at radius 1 is 1.11 bits per heavy atom. The fourth-order valence-electron chi connectivity index (χ4n) is 1.62. The molecule has 0 spiro atoms. The Labute approximate surface area is 118 Å². The molecule has 1 N–H and O–H groups in total. The number of hydrogen-bond acceptors (Lipinski definition) is 2. The molecule has 0 saturated carbocycles. The van der Waals surface area contributed by atoms with Crippen LogP contribution in [-0.4, -0.2) is 6.54 Å². The molecule has 0 amide bonds. The van der Waals surface area contributed by atoms with Gasteiger partial charge in [0.05, 0.1) is 5.02 Å². The number of nitrogens with one attached hydrogen (secondary N) is 1. The first-order valence-electron chi connectivity index (χ1n) is 6.01. The number of halogens is 1. The zero-order valence-corrected chi connectivity index (χ0v) is 11.9. The highest BCUT2D eigenvalue weighted by molar-refractivity contribution is 7.99. The molecule has 0 atom stereocenters. The monoisotopic (exact) mass is 277 g/mol. The Bertz CT molecular complexity index is 499. The molecule has 18 heavy (non-hydrogen) atoms. The molecule has 2 aromatic carbocycles. The average molecular weight is 278 g/mol. The molecule has 0 unspecified atom stereocenters. The van der Waals surface area contributed by atoms with Gasteiger partial charge < -0.3 is 5.32 Å². The normalized spacial score (nSPS) is 10.6. The van der Waals surface area contributed by atoms with E-state index in [1.54, 1.807) is 11.8 Å². The summed E-state index contributed by atoms with van der Waals surface area (Å²) in [7, 11) is 0. The lowest BCUT2D eigenvalue weighted by atomic mass is 10.2. The van der Waals surface area contributed by atoms with Gasteiger partial charge in [-0.15, -0.1) is 0 Å². The van der Waals surface area contributed by atoms with E-state index in [2.05, 4.69) is 36.5 Å². The zero-order chi connectivity index (χ0) is 12.8. The quantitative estimate of drug-likeness (QED) is 0.857. The Hall–Kier alpha value is -0.960. The molecular weight excluding hydrogens is 262 g/mol. The van der Waals surface area contributed by atoms with Crippen molar-refractivity contribution in [3.05, 3.63) is 59.1 Å². The summed E-state index contributed by atoms with van der Waals surface area (Å²) in [6.45, 7) is 3.94. The van der Waals surface area contributed by atoms with Crippen molar-refractivity contribution in [2.24, 2.45) is 0 Å². The van der Waals surface area contributed by atoms with Crippen molar-refractivity contribution in [3.63, 3.8) is 0 Å². The average Bonchev–Trinajstić information content (AvgIpc) is 2.40. The maximum Gasteiger partial charge on any atom is 0.0548 e. The van der Waals surface area contributed by atoms with Crippen LogP contribution in [0.4, 0.5) is 0 Å². The standard InChI is InChI=1S/C15H16ClNS/c1-2-17-11-12-8-9-15(14(16)10-12)18-13-6-4-3-5-7-13/h3-10,17H,2,11H2,1H3. The molecule has 0 bridgehead atoms. The largest absolute Gasteiger partial charge is 0.313 e. The summed E-state index contributed by atoms with van der Waals surface area (Å²) in [4.78, 5) is 2.31. The lowest BCUT2D eigenvalue weighted by Gasteiger charge is -2.07. The van der Waals surface area contributed by atoms with Crippen molar-refractivity contribution in [3.8, 4) is 0 Å². The van der Waals surface area contributed by atoms with Crippen LogP contribution in [0.1, 0.15) is 12.5 Å². The predicted molar refractivity (Wildman–Crippen MR) is 79.4 cm³/mol. The van der Waals surface area contributed by atoms with Gasteiger partial charge in [0.2, 0.25) is 0 Å². The van der Waals surface area contributed by atoms with Gasteiger partial charge in [-0.2, -0.15) is 0 Å². The second kappa shape index (κ2) is 6.83. The third kappa shape index (κ3) is 3.77. The molecule has 0 aromatic heterocycles. The first kappa shape index (κ1) is 13.5. The molecule has 0 aliphatic rings. The molecule has 0 radical (unpaired) electrons. The highest BCUT2D eigenvalue weighted by Crippen LogP contribution is 2.33. The molecule has 0 heterocycles. The first-order valence-corrected chi connectivity index (χ1v) is 7.21. The van der Waals surface area contributed by atoms with Gasteiger partial charge in [-0.3, -0.25) is 0 Å². The highest BCUT2D eigenvalue weighted by atomic mass is 35.5. The van der Waals surface area contributed by atoms with Gasteiger partial charge in [-0.05, 0) is 36.4 Å². The smallest absolute Gasteiger partial charge is 0.0548 e. The minimum Gasteiger partial charge on any atom is -0.313 e. The summed E-state index contributed by atoms with van der Waals surface area (Å²) in [6.07, 6.45) is 0. The van der Waals surface area contributed by atoms with Crippen molar-refractivity contribution in [2.75, 3.05) is 6.54 Å². The summed E-state index contributed by atoms with van der Waals surface area (Å²) in [5, 5.41) is 4.11. The Morgan fingerprint density at radius 3 is 2.56 bits per heavy atom. The molecule has 0 saturated heterocycles. The van der Waals surface area contributed by atoms with Gasteiger partial charge in [-0.25, -0.2) is 0 Å². The van der Waals surface area contributed by atoms with Crippen LogP contribution in [0.5, 0.6) is 0 Å². The van der Waals surface area contributed by atoms with E-state index in [1.165, 1.54) is 10.5 Å². The van der Waals surface area contributed by atoms with E-state index in [4.69, 9.17) is 11.6 Å². The lowest BCUT2D eigenvalue weighted by Crippen LogP contribution is -2.11. The molecule has 0 aliphatic carbocycles. The number of hydrogen-bond donors (Lipinski definition) is 1. The van der Waals surface area contributed by atoms with E-state index in [0.717, 1.165) is 23.0 Å². The molecule has 94 valence electrons. The minimum atomic E-state index is 0.819. The second-order valence-corrected chi connectivity index (χ2v) is 5.48. The van der Waals surface area contributed by atoms with Crippen LogP contribution >= 0.6 is 23.4 Å². The van der Waals surface area contributed by atoms with E-state index in [1.807, 2.05) is 24.3 Å². The SMILES string of the molecule is CCNCc1ccc(Sc2ccccc2)c(Cl)c1. The topological polar surface area (TPSA) is 12.0 Å². The fourth-order valence-corrected chi connectivity index (χ4v) is 2.78. The zero-order valence-electron chi connectivity index (χ0n) is 10.3. The minimum absolute atomic E-state index is 0.819. The van der Waals surface area contributed by atoms with Crippen molar-refractivity contribution in [2.45, 2.75) is 23.3 Å². The van der Waals surface area contributed by atoms with Gasteiger partial charge in [0.15, 0.2) is 0 Å². The maximum atomic E-state index is 6.31. The fraction of sp³-hybridized carbons (Fsp3) is 0.200. The Balaban J connectivity index is 2.10. The summed E-state index contributed by atoms with van der Waals surface area (Å²) in [5.41, 5.74) is 1.22. The Morgan fingerprint density at radius 2 is 1.89 bits per heavy atom. The van der Waals surface area contributed by atoms with Crippen LogP contribution in [-0.2, 0) is 6.54 Å². The van der Waals surface area contributed by atoms with Crippen molar-refractivity contribution >= 4 is 23.4 Å². The van der Waals surface area contributed by atoms with Gasteiger partial charge in [0.25, 0.3) is 0 Å². The molecule has 1 nitrogen and oxygen atoms in total. The third-order valence-corrected chi connectivity index (χ3v) is 4.05. The van der Waals surface area contributed by atoms with E-state index in [0.29, 0.717) is 0 Å². The molecule has 0 aliphatic heterocycles. The summed E-state index contributed by atoms with van der Waals surface area (Å²) in [5.74, 6) is 0.